The summed E-state index contributed by atoms with van der Waals surface area (Å²) in [6, 6.07) is 16.8. The molecule has 2 aromatic carbocycles. The van der Waals surface area contributed by atoms with Gasteiger partial charge in [-0.25, -0.2) is 4.79 Å². The van der Waals surface area contributed by atoms with Crippen molar-refractivity contribution >= 4 is 28.2 Å². The monoisotopic (exact) mass is 423 g/mol. The normalized spacial score (nSPS) is 14.8. The number of hydrogen-bond donors (Lipinski definition) is 1. The molecule has 0 saturated carbocycles. The van der Waals surface area contributed by atoms with Crippen molar-refractivity contribution in [3.63, 3.8) is 0 Å². The van der Waals surface area contributed by atoms with E-state index in [1.807, 2.05) is 60.0 Å². The summed E-state index contributed by atoms with van der Waals surface area (Å²) in [5, 5.41) is 5.12. The predicted octanol–water partition coefficient (Wildman–Crippen LogP) is 4.62. The highest BCUT2D eigenvalue weighted by atomic mass is 32.1. The van der Waals surface area contributed by atoms with Crippen molar-refractivity contribution in [2.75, 3.05) is 18.5 Å². The van der Waals surface area contributed by atoms with Crippen molar-refractivity contribution in [2.24, 2.45) is 0 Å². The van der Waals surface area contributed by atoms with Crippen LogP contribution in [0.3, 0.4) is 0 Å². The van der Waals surface area contributed by atoms with Gasteiger partial charge < -0.3 is 19.5 Å². The van der Waals surface area contributed by atoms with Gasteiger partial charge in [0, 0.05) is 10.9 Å². The Morgan fingerprint density at radius 2 is 1.83 bits per heavy atom. The molecule has 2 heterocycles. The Kier molecular flexibility index (Phi) is 5.99. The zero-order valence-electron chi connectivity index (χ0n) is 16.4. The second-order valence-corrected chi connectivity index (χ2v) is 7.57. The lowest BCUT2D eigenvalue weighted by Crippen LogP contribution is -2.24. The third-order valence-corrected chi connectivity index (χ3v) is 5.53. The molecule has 3 aromatic rings. The lowest BCUT2D eigenvalue weighted by molar-refractivity contribution is -0.115. The second kappa shape index (κ2) is 9.00. The first kappa shape index (κ1) is 20.0. The molecule has 0 spiro atoms. The molecule has 0 saturated heterocycles. The molecule has 6 nitrogen and oxygen atoms in total. The van der Waals surface area contributed by atoms with Gasteiger partial charge in [-0.05, 0) is 24.6 Å². The fourth-order valence-corrected chi connectivity index (χ4v) is 4.25. The van der Waals surface area contributed by atoms with Gasteiger partial charge in [-0.2, -0.15) is 0 Å². The molecule has 30 heavy (non-hydrogen) atoms. The molecule has 0 radical (unpaired) electrons. The van der Waals surface area contributed by atoms with Crippen LogP contribution in [0.1, 0.15) is 34.5 Å². The number of benzene rings is 2. The van der Waals surface area contributed by atoms with Gasteiger partial charge in [-0.3, -0.25) is 4.79 Å². The highest BCUT2D eigenvalue weighted by Crippen LogP contribution is 2.40. The zero-order valence-corrected chi connectivity index (χ0v) is 17.2. The summed E-state index contributed by atoms with van der Waals surface area (Å²) in [5.74, 6) is 0.583. The summed E-state index contributed by atoms with van der Waals surface area (Å²) < 4.78 is 17.1. The van der Waals surface area contributed by atoms with Crippen LogP contribution in [-0.2, 0) is 16.0 Å². The number of anilines is 1. The van der Waals surface area contributed by atoms with Gasteiger partial charge in [0.1, 0.15) is 17.2 Å². The van der Waals surface area contributed by atoms with E-state index in [1.54, 1.807) is 6.92 Å². The van der Waals surface area contributed by atoms with Crippen LogP contribution in [0.5, 0.6) is 11.5 Å². The van der Waals surface area contributed by atoms with E-state index in [0.29, 0.717) is 27.6 Å². The van der Waals surface area contributed by atoms with Gasteiger partial charge in [-0.15, -0.1) is 11.3 Å². The number of carbonyl (C=O) groups is 2. The van der Waals surface area contributed by atoms with Gasteiger partial charge in [0.05, 0.1) is 13.0 Å². The van der Waals surface area contributed by atoms with Crippen LogP contribution < -0.4 is 14.8 Å². The number of hydrogen-bond acceptors (Lipinski definition) is 6. The van der Waals surface area contributed by atoms with Crippen molar-refractivity contribution < 1.29 is 23.8 Å². The molecule has 7 heteroatoms. The SMILES string of the molecule is CCOC(=O)c1c([C@H]2COc3ccccc3O2)csc1NC(=O)Cc1ccccc1. The number of esters is 1. The quantitative estimate of drug-likeness (QED) is 0.586. The summed E-state index contributed by atoms with van der Waals surface area (Å²) >= 11 is 1.28. The minimum absolute atomic E-state index is 0.202. The van der Waals surface area contributed by atoms with Crippen molar-refractivity contribution in [1.29, 1.82) is 0 Å². The lowest BCUT2D eigenvalue weighted by atomic mass is 10.1. The van der Waals surface area contributed by atoms with Crippen LogP contribution in [0.4, 0.5) is 5.00 Å². The maximum atomic E-state index is 12.7. The fourth-order valence-electron chi connectivity index (χ4n) is 3.24. The van der Waals surface area contributed by atoms with Gasteiger partial charge in [0.2, 0.25) is 5.91 Å². The molecule has 0 bridgehead atoms. The molecule has 154 valence electrons. The van der Waals surface area contributed by atoms with E-state index < -0.39 is 12.1 Å². The zero-order chi connectivity index (χ0) is 20.9. The largest absolute Gasteiger partial charge is 0.485 e. The minimum atomic E-state index is -0.494. The van der Waals surface area contributed by atoms with Crippen LogP contribution in [0.15, 0.2) is 60.0 Å². The number of rotatable bonds is 6. The van der Waals surface area contributed by atoms with Crippen LogP contribution in [-0.4, -0.2) is 25.1 Å². The Balaban J connectivity index is 1.58. The Morgan fingerprint density at radius 1 is 1.10 bits per heavy atom. The van der Waals surface area contributed by atoms with E-state index in [-0.39, 0.29) is 25.5 Å². The molecule has 1 aliphatic heterocycles. The first-order valence-corrected chi connectivity index (χ1v) is 10.5. The van der Waals surface area contributed by atoms with Gasteiger partial charge >= 0.3 is 5.97 Å². The Labute approximate surface area is 178 Å². The van der Waals surface area contributed by atoms with Crippen molar-refractivity contribution in [1.82, 2.24) is 0 Å². The van der Waals surface area contributed by atoms with Gasteiger partial charge in [-0.1, -0.05) is 42.5 Å². The molecule has 1 aromatic heterocycles. The van der Waals surface area contributed by atoms with Gasteiger partial charge in [0.25, 0.3) is 0 Å². The highest BCUT2D eigenvalue weighted by Gasteiger charge is 2.31. The molecule has 1 N–H and O–H groups in total. The van der Waals surface area contributed by atoms with Gasteiger partial charge in [0.15, 0.2) is 17.6 Å². The topological polar surface area (TPSA) is 73.9 Å². The van der Waals surface area contributed by atoms with E-state index in [4.69, 9.17) is 14.2 Å². The van der Waals surface area contributed by atoms with E-state index >= 15 is 0 Å². The Hall–Kier alpha value is -3.32. The lowest BCUT2D eigenvalue weighted by Gasteiger charge is -2.26. The molecule has 4 rings (SSSR count). The standard InChI is InChI=1S/C23H21NO5S/c1-2-27-23(26)21-16(19-13-28-17-10-6-7-11-18(17)29-19)14-30-22(21)24-20(25)12-15-8-4-3-5-9-15/h3-11,14,19H,2,12-13H2,1H3,(H,24,25)/t19-/m1/s1. The first-order valence-electron chi connectivity index (χ1n) is 9.66. The third-order valence-electron chi connectivity index (χ3n) is 4.61. The van der Waals surface area contributed by atoms with Crippen molar-refractivity contribution in [3.05, 3.63) is 76.7 Å². The highest BCUT2D eigenvalue weighted by molar-refractivity contribution is 7.15. The number of nitrogens with one attached hydrogen (secondary N) is 1. The van der Waals surface area contributed by atoms with E-state index in [0.717, 1.165) is 5.56 Å². The summed E-state index contributed by atoms with van der Waals surface area (Å²) in [6.07, 6.45) is -0.262. The molecular formula is C23H21NO5S. The van der Waals surface area contributed by atoms with E-state index in [9.17, 15) is 9.59 Å². The summed E-state index contributed by atoms with van der Waals surface area (Å²) in [6.45, 7) is 2.24. The summed E-state index contributed by atoms with van der Waals surface area (Å²) in [4.78, 5) is 25.3. The fraction of sp³-hybridized carbons (Fsp3) is 0.217. The number of para-hydroxylation sites is 2. The number of thiophene rings is 1. The minimum Gasteiger partial charge on any atom is -0.485 e. The van der Waals surface area contributed by atoms with E-state index in [2.05, 4.69) is 5.32 Å². The molecule has 0 unspecified atom stereocenters. The maximum absolute atomic E-state index is 12.7. The van der Waals surface area contributed by atoms with Crippen molar-refractivity contribution in [2.45, 2.75) is 19.4 Å². The number of ether oxygens (including phenoxy) is 3. The van der Waals surface area contributed by atoms with Crippen LogP contribution in [0.2, 0.25) is 0 Å². The predicted molar refractivity (Wildman–Crippen MR) is 114 cm³/mol. The summed E-state index contributed by atoms with van der Waals surface area (Å²) in [7, 11) is 0. The van der Waals surface area contributed by atoms with Crippen LogP contribution >= 0.6 is 11.3 Å². The third kappa shape index (κ3) is 4.31. The average Bonchev–Trinajstić information content (AvgIpc) is 3.17. The number of amides is 1. The van der Waals surface area contributed by atoms with Crippen molar-refractivity contribution in [3.8, 4) is 11.5 Å². The maximum Gasteiger partial charge on any atom is 0.341 e. The van der Waals surface area contributed by atoms with Crippen LogP contribution in [0.25, 0.3) is 0 Å². The smallest absolute Gasteiger partial charge is 0.341 e. The molecule has 1 aliphatic rings. The molecule has 1 atom stereocenters. The van der Waals surface area contributed by atoms with Crippen LogP contribution in [0, 0.1) is 0 Å². The molecule has 1 amide bonds. The molecular weight excluding hydrogens is 402 g/mol. The number of fused-ring (bicyclic) bond motifs is 1. The average molecular weight is 423 g/mol. The first-order chi connectivity index (χ1) is 14.7. The Morgan fingerprint density at radius 3 is 2.60 bits per heavy atom. The molecule has 0 fully saturated rings. The Bertz CT molecular complexity index is 1050. The summed E-state index contributed by atoms with van der Waals surface area (Å²) in [5.41, 5.74) is 1.85. The molecule has 0 aliphatic carbocycles. The number of carbonyl (C=O) groups excluding carboxylic acids is 2. The second-order valence-electron chi connectivity index (χ2n) is 6.69. The van der Waals surface area contributed by atoms with E-state index in [1.165, 1.54) is 11.3 Å².